The first-order chi connectivity index (χ1) is 58.0. The summed E-state index contributed by atoms with van der Waals surface area (Å²) in [5.74, 6) is -0.664. The predicted molar refractivity (Wildman–Crippen MR) is 451 cm³/mol. The molecule has 606 valence electrons. The van der Waals surface area contributed by atoms with Crippen LogP contribution in [-0.2, 0) is 115 Å². The zero-order valence-corrected chi connectivity index (χ0v) is 66.7. The minimum atomic E-state index is -4.61. The van der Waals surface area contributed by atoms with Gasteiger partial charge in [0.15, 0.2) is 6.29 Å². The predicted octanol–water partition coefficient (Wildman–Crippen LogP) is 19.3. The van der Waals surface area contributed by atoms with E-state index in [-0.39, 0.29) is 101 Å². The van der Waals surface area contributed by atoms with E-state index in [1.807, 2.05) is 308 Å². The van der Waals surface area contributed by atoms with Gasteiger partial charge in [-0.15, -0.1) is 0 Å². The van der Waals surface area contributed by atoms with Crippen molar-refractivity contribution in [1.82, 2.24) is 0 Å². The van der Waals surface area contributed by atoms with Gasteiger partial charge in [-0.1, -0.05) is 304 Å². The van der Waals surface area contributed by atoms with Crippen LogP contribution >= 0.6 is 0 Å². The maximum atomic E-state index is 15.4. The second kappa shape index (κ2) is 41.0. The molecule has 0 saturated carbocycles. The van der Waals surface area contributed by atoms with Gasteiger partial charge in [0.05, 0.1) is 71.4 Å². The van der Waals surface area contributed by atoms with Crippen molar-refractivity contribution in [3.05, 3.63) is 401 Å². The van der Waals surface area contributed by atoms with E-state index in [1.54, 1.807) is 24.3 Å². The zero-order chi connectivity index (χ0) is 80.7. The Morgan fingerprint density at radius 3 is 1.25 bits per heavy atom. The normalized spacial score (nSPS) is 21.5. The lowest BCUT2D eigenvalue weighted by Gasteiger charge is -2.50. The van der Waals surface area contributed by atoms with Gasteiger partial charge in [0.25, 0.3) is 0 Å². The highest BCUT2D eigenvalue weighted by atomic mass is 32.2. The van der Waals surface area contributed by atoms with Crippen LogP contribution in [0.25, 0.3) is 11.1 Å². The maximum Gasteiger partial charge on any atom is 0.311 e. The summed E-state index contributed by atoms with van der Waals surface area (Å²) in [6, 6.07) is 107. The van der Waals surface area contributed by atoms with E-state index in [0.717, 1.165) is 72.4 Å². The molecule has 4 unspecified atom stereocenters. The molecule has 0 spiro atoms. The zero-order valence-electron chi connectivity index (χ0n) is 65.9. The van der Waals surface area contributed by atoms with Crippen molar-refractivity contribution >= 4 is 21.7 Å². The van der Waals surface area contributed by atoms with Crippen molar-refractivity contribution in [3.63, 3.8) is 0 Å². The molecule has 1 amide bonds. The number of hydrogen-bond acceptors (Lipinski definition) is 15. The molecule has 15 rings (SSSR count). The smallest absolute Gasteiger partial charge is 0.311 e. The maximum absolute atomic E-state index is 15.4. The van der Waals surface area contributed by atoms with Gasteiger partial charge in [-0.05, 0) is 122 Å². The van der Waals surface area contributed by atoms with Crippen LogP contribution in [0.5, 0.6) is 11.5 Å². The number of rotatable bonds is 39. The van der Waals surface area contributed by atoms with Crippen LogP contribution in [0.1, 0.15) is 87.4 Å². The van der Waals surface area contributed by atoms with Crippen molar-refractivity contribution in [2.45, 2.75) is 146 Å². The highest BCUT2D eigenvalue weighted by molar-refractivity contribution is 7.87. The lowest BCUT2D eigenvalue weighted by atomic mass is 9.76. The molecule has 3 saturated heterocycles. The highest BCUT2D eigenvalue weighted by Crippen LogP contribution is 2.50. The summed E-state index contributed by atoms with van der Waals surface area (Å²) in [5.41, 5.74) is 11.3. The van der Waals surface area contributed by atoms with Crippen molar-refractivity contribution in [2.75, 3.05) is 23.9 Å². The fourth-order valence-electron chi connectivity index (χ4n) is 15.6. The summed E-state index contributed by atoms with van der Waals surface area (Å²) in [7, 11) is -4.61. The lowest BCUT2D eigenvalue weighted by molar-refractivity contribution is -0.362. The number of hydrogen-bond donors (Lipinski definition) is 0. The molecule has 0 aromatic heterocycles. The van der Waals surface area contributed by atoms with Crippen LogP contribution in [0.15, 0.2) is 340 Å². The molecule has 3 heterocycles. The third-order valence-corrected chi connectivity index (χ3v) is 23.0. The Balaban J connectivity index is 0.764. The standard InChI is InChI=1S/C100H98FNO15S/c1-71(80-48-53-83(101)54-49-80)47-57-87-92(102(99(87)103)84-45-27-10-28-46-84)86-58-52-82(59-88(86)108-62-74-33-15-4-16-34-74)81-50-55-85(56-51-81)117-118(104,105)70-91-94(110-64-76-37-19-6-20-38-76)96(111-65-77-39-21-7-22-40-77)95(90(114-91)69-107-61-73-31-13-3-14-32-73)116-100-98(113-67-79-43-25-9-26-44-79)97(112-66-78-41-23-8-24-42-78)93(109-63-75-35-17-5-18-36-75)89(115-100)68-106-60-72-29-11-2-12-30-72/h2-46,48-56,58-59,71,87,89-98,100H,47,57,60-70H2,1H3/t71-,87+,89?,90?,91-,92+,93+,94?,95+,96-,97+,98?,100-/m0/s1. The molecule has 3 fully saturated rings. The number of nitrogens with zero attached hydrogens (tertiary/aromatic N) is 1. The Morgan fingerprint density at radius 2 is 0.788 bits per heavy atom. The number of β-lactam (4-membered cyclic amide) rings is 1. The lowest BCUT2D eigenvalue weighted by Crippen LogP contribution is -2.66. The Labute approximate surface area is 691 Å². The first kappa shape index (κ1) is 82.3. The van der Waals surface area contributed by atoms with E-state index < -0.39 is 77.1 Å². The van der Waals surface area contributed by atoms with Gasteiger partial charge >= 0.3 is 10.1 Å². The second-order valence-electron chi connectivity index (χ2n) is 30.1. The summed E-state index contributed by atoms with van der Waals surface area (Å²) in [4.78, 5) is 16.4. The van der Waals surface area contributed by atoms with Gasteiger partial charge in [-0.2, -0.15) is 8.42 Å². The van der Waals surface area contributed by atoms with Gasteiger partial charge in [0.1, 0.15) is 84.6 Å². The van der Waals surface area contributed by atoms with E-state index in [2.05, 4.69) is 6.92 Å². The highest BCUT2D eigenvalue weighted by Gasteiger charge is 2.56. The second-order valence-corrected chi connectivity index (χ2v) is 31.8. The number of amides is 1. The average Bonchev–Trinajstić information content (AvgIpc) is 0.722. The molecule has 16 nitrogen and oxygen atoms in total. The molecular weight excluding hydrogens is 1510 g/mol. The largest absolute Gasteiger partial charge is 0.489 e. The third kappa shape index (κ3) is 22.1. The van der Waals surface area contributed by atoms with E-state index >= 15 is 8.42 Å². The molecule has 0 N–H and O–H groups in total. The summed E-state index contributed by atoms with van der Waals surface area (Å²) in [6.07, 6.45) is -9.48. The van der Waals surface area contributed by atoms with E-state index in [4.69, 9.17) is 56.3 Å². The summed E-state index contributed by atoms with van der Waals surface area (Å²) >= 11 is 0. The number of carbonyl (C=O) groups excluding carboxylic acids is 1. The minimum absolute atomic E-state index is 0.0109. The van der Waals surface area contributed by atoms with E-state index in [1.165, 1.54) is 12.1 Å². The van der Waals surface area contributed by atoms with Crippen molar-refractivity contribution < 1.29 is 73.9 Å². The fraction of sp³-hybridized carbons (Fsp3) is 0.270. The Bertz CT molecular complexity index is 5140. The summed E-state index contributed by atoms with van der Waals surface area (Å²) in [5, 5.41) is 0. The van der Waals surface area contributed by atoms with Gasteiger partial charge in [-0.25, -0.2) is 4.39 Å². The molecule has 18 heteroatoms. The number of benzene rings is 12. The number of carbonyl (C=O) groups is 1. The molecule has 3 aliphatic heterocycles. The molecular formula is C100H98FNO15S. The molecule has 3 aliphatic rings. The van der Waals surface area contributed by atoms with E-state index in [0.29, 0.717) is 18.6 Å². The van der Waals surface area contributed by atoms with Crippen molar-refractivity contribution in [3.8, 4) is 22.6 Å². The van der Waals surface area contributed by atoms with Crippen molar-refractivity contribution in [2.24, 2.45) is 5.92 Å². The van der Waals surface area contributed by atoms with Crippen LogP contribution in [0.3, 0.4) is 0 Å². The number of anilines is 1. The Hall–Kier alpha value is -10.8. The summed E-state index contributed by atoms with van der Waals surface area (Å²) < 4.78 is 130. The van der Waals surface area contributed by atoms with Gasteiger partial charge in [-0.3, -0.25) is 4.79 Å². The minimum Gasteiger partial charge on any atom is -0.489 e. The van der Waals surface area contributed by atoms with Crippen LogP contribution in [-0.4, -0.2) is 94.5 Å². The number of para-hydroxylation sites is 1. The average molecular weight is 1600 g/mol. The van der Waals surface area contributed by atoms with Crippen LogP contribution in [0.4, 0.5) is 10.1 Å². The van der Waals surface area contributed by atoms with Crippen LogP contribution in [0.2, 0.25) is 0 Å². The van der Waals surface area contributed by atoms with Gasteiger partial charge in [0, 0.05) is 11.3 Å². The number of halogens is 1. The first-order valence-electron chi connectivity index (χ1n) is 40.4. The van der Waals surface area contributed by atoms with Gasteiger partial charge in [0.2, 0.25) is 5.91 Å². The third-order valence-electron chi connectivity index (χ3n) is 21.8. The molecule has 118 heavy (non-hydrogen) atoms. The molecule has 0 radical (unpaired) electrons. The Morgan fingerprint density at radius 1 is 0.398 bits per heavy atom. The van der Waals surface area contributed by atoms with Gasteiger partial charge < -0.3 is 61.2 Å². The number of ether oxygens (including phenoxy) is 11. The Kier molecular flexibility index (Phi) is 28.6. The van der Waals surface area contributed by atoms with Crippen LogP contribution in [0, 0.1) is 11.7 Å². The molecule has 12 aromatic rings. The SMILES string of the molecule is C[C@@H](CC[C@H]1C(=O)N(c2ccccc2)[C@@H]1c1ccc(-c2ccc(OS(=O)(=O)C[C@@H]3OC(COCc4ccccc4)[C@@H](O[C@@H]4OC(COCc5ccccc5)[C@@H](OCc5ccccc5)[C@@H](OCc5ccccc5)C4OCc4ccccc4)[C@@H](OCc4ccccc4)C3OCc3ccccc3)cc2)cc1OCc1ccccc1)c1ccc(F)cc1. The van der Waals surface area contributed by atoms with Crippen molar-refractivity contribution in [1.29, 1.82) is 0 Å². The molecule has 13 atom stereocenters. The molecule has 0 aliphatic carbocycles. The quantitative estimate of drug-likeness (QED) is 0.0264. The molecule has 0 bridgehead atoms. The topological polar surface area (TPSA) is 165 Å². The summed E-state index contributed by atoms with van der Waals surface area (Å²) in [6.45, 7) is 3.24. The monoisotopic (exact) mass is 1600 g/mol. The molecule has 12 aromatic carbocycles. The van der Waals surface area contributed by atoms with E-state index in [9.17, 15) is 9.18 Å². The first-order valence-corrected chi connectivity index (χ1v) is 42.0. The van der Waals surface area contributed by atoms with Crippen LogP contribution < -0.4 is 13.8 Å². The fourth-order valence-corrected chi connectivity index (χ4v) is 16.7.